The molecule has 2 bridgehead atoms. The van der Waals surface area contributed by atoms with E-state index in [1.165, 1.54) is 0 Å². The van der Waals surface area contributed by atoms with Crippen LogP contribution in [0.1, 0.15) is 12.8 Å². The molecule has 0 spiro atoms. The standard InChI is InChI=1S/C25H24ClFN6O/c26-19-6-2-4-14-3-1-5-17(20(14)19)22-21(27)23-18(11-29-22)24(32-25(31-23)34-10-9-28)33-12-15-7-8-16(13-33)30-15/h1-6,11,15-16,30H,7-10,12-13,28H2/t15-,16+. The zero-order chi connectivity index (χ0) is 23.2. The molecule has 2 aromatic carbocycles. The zero-order valence-corrected chi connectivity index (χ0v) is 19.2. The van der Waals surface area contributed by atoms with E-state index in [1.807, 2.05) is 30.3 Å². The maximum absolute atomic E-state index is 16.1. The fourth-order valence-corrected chi connectivity index (χ4v) is 5.41. The largest absolute Gasteiger partial charge is 0.462 e. The second-order valence-electron chi connectivity index (χ2n) is 8.84. The van der Waals surface area contributed by atoms with Crippen LogP contribution in [-0.2, 0) is 0 Å². The number of nitrogens with zero attached hydrogens (tertiary/aromatic N) is 4. The number of halogens is 2. The van der Waals surface area contributed by atoms with E-state index in [9.17, 15) is 0 Å². The van der Waals surface area contributed by atoms with E-state index in [2.05, 4.69) is 25.2 Å². The van der Waals surface area contributed by atoms with Crippen LogP contribution in [0.25, 0.3) is 32.9 Å². The summed E-state index contributed by atoms with van der Waals surface area (Å²) in [6, 6.07) is 12.2. The third-order valence-corrected chi connectivity index (χ3v) is 6.93. The van der Waals surface area contributed by atoms with Crippen molar-refractivity contribution in [3.63, 3.8) is 0 Å². The summed E-state index contributed by atoms with van der Waals surface area (Å²) in [6.07, 6.45) is 3.91. The molecule has 2 fully saturated rings. The number of anilines is 1. The van der Waals surface area contributed by atoms with Crippen LogP contribution in [0.4, 0.5) is 10.2 Å². The molecule has 2 aliphatic heterocycles. The molecular formula is C25H24ClFN6O. The average molecular weight is 479 g/mol. The van der Waals surface area contributed by atoms with Crippen molar-refractivity contribution in [2.24, 2.45) is 5.73 Å². The van der Waals surface area contributed by atoms with Crippen molar-refractivity contribution in [1.82, 2.24) is 20.3 Å². The van der Waals surface area contributed by atoms with Crippen molar-refractivity contribution in [2.75, 3.05) is 31.1 Å². The van der Waals surface area contributed by atoms with E-state index < -0.39 is 5.82 Å². The third-order valence-electron chi connectivity index (χ3n) is 6.62. The maximum atomic E-state index is 16.1. The molecule has 2 aliphatic rings. The van der Waals surface area contributed by atoms with Gasteiger partial charge in [0.2, 0.25) is 0 Å². The Morgan fingerprint density at radius 1 is 1.12 bits per heavy atom. The lowest BCUT2D eigenvalue weighted by Crippen LogP contribution is -2.51. The minimum atomic E-state index is -0.524. The number of rotatable bonds is 5. The van der Waals surface area contributed by atoms with Gasteiger partial charge in [-0.15, -0.1) is 0 Å². The van der Waals surface area contributed by atoms with Gasteiger partial charge in [0.25, 0.3) is 0 Å². The van der Waals surface area contributed by atoms with Gasteiger partial charge < -0.3 is 20.7 Å². The van der Waals surface area contributed by atoms with Crippen LogP contribution in [0.5, 0.6) is 6.01 Å². The second-order valence-corrected chi connectivity index (χ2v) is 9.24. The van der Waals surface area contributed by atoms with Crippen molar-refractivity contribution >= 4 is 39.1 Å². The highest BCUT2D eigenvalue weighted by atomic mass is 35.5. The first-order valence-corrected chi connectivity index (χ1v) is 11.9. The molecule has 4 heterocycles. The third kappa shape index (κ3) is 3.62. The first-order chi connectivity index (χ1) is 16.6. The fraction of sp³-hybridized carbons (Fsp3) is 0.320. The number of aromatic nitrogens is 3. The number of nitrogens with one attached hydrogen (secondary N) is 1. The molecule has 2 saturated heterocycles. The number of piperazine rings is 1. The Labute approximate surface area is 201 Å². The molecule has 174 valence electrons. The summed E-state index contributed by atoms with van der Waals surface area (Å²) in [5, 5.41) is 6.39. The molecule has 0 aliphatic carbocycles. The number of ether oxygens (including phenoxy) is 1. The van der Waals surface area contributed by atoms with Gasteiger partial charge in [0.15, 0.2) is 5.82 Å². The molecule has 0 saturated carbocycles. The molecule has 7 nitrogen and oxygen atoms in total. The molecule has 2 atom stereocenters. The summed E-state index contributed by atoms with van der Waals surface area (Å²) in [4.78, 5) is 15.8. The molecular weight excluding hydrogens is 455 g/mol. The lowest BCUT2D eigenvalue weighted by atomic mass is 10.0. The Morgan fingerprint density at radius 2 is 1.88 bits per heavy atom. The van der Waals surface area contributed by atoms with Crippen molar-refractivity contribution in [2.45, 2.75) is 24.9 Å². The van der Waals surface area contributed by atoms with Crippen molar-refractivity contribution < 1.29 is 9.13 Å². The van der Waals surface area contributed by atoms with E-state index in [0.717, 1.165) is 36.7 Å². The molecule has 3 N–H and O–H groups in total. The summed E-state index contributed by atoms with van der Waals surface area (Å²) in [6.45, 7) is 2.14. The monoisotopic (exact) mass is 478 g/mol. The lowest BCUT2D eigenvalue weighted by molar-refractivity contribution is 0.303. The van der Waals surface area contributed by atoms with Crippen LogP contribution in [0, 0.1) is 5.82 Å². The van der Waals surface area contributed by atoms with Gasteiger partial charge in [-0.1, -0.05) is 41.9 Å². The highest BCUT2D eigenvalue weighted by Crippen LogP contribution is 2.37. The number of fused-ring (bicyclic) bond motifs is 4. The smallest absolute Gasteiger partial charge is 0.319 e. The molecule has 0 radical (unpaired) electrons. The van der Waals surface area contributed by atoms with E-state index in [1.54, 1.807) is 12.3 Å². The van der Waals surface area contributed by atoms with Crippen LogP contribution in [-0.4, -0.2) is 53.3 Å². The van der Waals surface area contributed by atoms with E-state index >= 15 is 4.39 Å². The van der Waals surface area contributed by atoms with E-state index in [-0.39, 0.29) is 23.8 Å². The van der Waals surface area contributed by atoms with Crippen LogP contribution < -0.4 is 20.7 Å². The van der Waals surface area contributed by atoms with Crippen molar-refractivity contribution in [3.8, 4) is 17.3 Å². The predicted molar refractivity (Wildman–Crippen MR) is 132 cm³/mol. The van der Waals surface area contributed by atoms with Crippen molar-refractivity contribution in [1.29, 1.82) is 0 Å². The van der Waals surface area contributed by atoms with Crippen LogP contribution in [0.15, 0.2) is 42.6 Å². The van der Waals surface area contributed by atoms with Gasteiger partial charge in [0.05, 0.1) is 5.39 Å². The van der Waals surface area contributed by atoms with Crippen LogP contribution >= 0.6 is 11.6 Å². The number of hydrogen-bond acceptors (Lipinski definition) is 7. The molecule has 0 amide bonds. The molecule has 9 heteroatoms. The Bertz CT molecular complexity index is 1380. The number of pyridine rings is 1. The highest BCUT2D eigenvalue weighted by molar-refractivity contribution is 6.36. The summed E-state index contributed by atoms with van der Waals surface area (Å²) in [7, 11) is 0. The summed E-state index contributed by atoms with van der Waals surface area (Å²) in [5.41, 5.74) is 6.61. The summed E-state index contributed by atoms with van der Waals surface area (Å²) < 4.78 is 21.8. The zero-order valence-electron chi connectivity index (χ0n) is 18.5. The number of hydrogen-bond donors (Lipinski definition) is 2. The quantitative estimate of drug-likeness (QED) is 0.449. The van der Waals surface area contributed by atoms with Gasteiger partial charge in [-0.25, -0.2) is 4.39 Å². The maximum Gasteiger partial charge on any atom is 0.319 e. The second kappa shape index (κ2) is 8.61. The van der Waals surface area contributed by atoms with Gasteiger partial charge >= 0.3 is 6.01 Å². The Kier molecular flexibility index (Phi) is 5.44. The van der Waals surface area contributed by atoms with Crippen molar-refractivity contribution in [3.05, 3.63) is 53.4 Å². The predicted octanol–water partition coefficient (Wildman–Crippen LogP) is 3.92. The average Bonchev–Trinajstić information content (AvgIpc) is 3.20. The minimum Gasteiger partial charge on any atom is -0.462 e. The van der Waals surface area contributed by atoms with Gasteiger partial charge in [-0.3, -0.25) is 4.98 Å². The molecule has 34 heavy (non-hydrogen) atoms. The fourth-order valence-electron chi connectivity index (χ4n) is 5.13. The lowest BCUT2D eigenvalue weighted by Gasteiger charge is -2.34. The highest BCUT2D eigenvalue weighted by Gasteiger charge is 2.34. The number of nitrogens with two attached hydrogens (primary N) is 1. The van der Waals surface area contributed by atoms with E-state index in [4.69, 9.17) is 22.1 Å². The van der Waals surface area contributed by atoms with Crippen LogP contribution in [0.2, 0.25) is 5.02 Å². The Hall–Kier alpha value is -3.07. The normalized spacial score (nSPS) is 19.8. The molecule has 6 rings (SSSR count). The molecule has 2 aromatic heterocycles. The Balaban J connectivity index is 1.54. The molecule has 4 aromatic rings. The Morgan fingerprint density at radius 3 is 2.65 bits per heavy atom. The van der Waals surface area contributed by atoms with Gasteiger partial charge in [0.1, 0.15) is 23.6 Å². The molecule has 0 unspecified atom stereocenters. The van der Waals surface area contributed by atoms with E-state index in [0.29, 0.717) is 40.4 Å². The number of benzene rings is 2. The minimum absolute atomic E-state index is 0.117. The van der Waals surface area contributed by atoms with Gasteiger partial charge in [0, 0.05) is 53.9 Å². The SMILES string of the molecule is NCCOc1nc(N2C[C@H]3CC[C@@H](C2)N3)c2cnc(-c3cccc4cccc(Cl)c34)c(F)c2n1. The first-order valence-electron chi connectivity index (χ1n) is 11.5. The summed E-state index contributed by atoms with van der Waals surface area (Å²) in [5.74, 6) is 0.119. The van der Waals surface area contributed by atoms with Gasteiger partial charge in [-0.2, -0.15) is 9.97 Å². The van der Waals surface area contributed by atoms with Crippen LogP contribution in [0.3, 0.4) is 0 Å². The topological polar surface area (TPSA) is 89.2 Å². The first kappa shape index (κ1) is 21.5. The summed E-state index contributed by atoms with van der Waals surface area (Å²) >= 11 is 6.50. The van der Waals surface area contributed by atoms with Gasteiger partial charge in [-0.05, 0) is 24.3 Å².